The minimum absolute atomic E-state index is 0.0226. The number of para-hydroxylation sites is 2. The second-order valence-corrected chi connectivity index (χ2v) is 9.75. The third-order valence-corrected chi connectivity index (χ3v) is 7.38. The lowest BCUT2D eigenvalue weighted by atomic mass is 9.78. The van der Waals surface area contributed by atoms with Gasteiger partial charge >= 0.3 is 0 Å². The van der Waals surface area contributed by atoms with Gasteiger partial charge < -0.3 is 5.32 Å². The summed E-state index contributed by atoms with van der Waals surface area (Å²) in [5.74, 6) is -0.134. The normalized spacial score (nSPS) is 19.8. The first kappa shape index (κ1) is 22.7. The number of ketones is 1. The Hall–Kier alpha value is -3.08. The molecule has 2 aliphatic rings. The van der Waals surface area contributed by atoms with Crippen molar-refractivity contribution in [1.82, 2.24) is 0 Å². The van der Waals surface area contributed by atoms with E-state index in [1.807, 2.05) is 67.6 Å². The van der Waals surface area contributed by atoms with Crippen LogP contribution >= 0.6 is 23.2 Å². The van der Waals surface area contributed by atoms with Gasteiger partial charge in [-0.25, -0.2) is 0 Å². The highest BCUT2D eigenvalue weighted by molar-refractivity contribution is 6.42. The molecular formula is C28H24Cl2N2O2. The molecule has 4 nitrogen and oxygen atoms in total. The fourth-order valence-electron chi connectivity index (χ4n) is 5.00. The number of nitrogens with zero attached hydrogens (tertiary/aromatic N) is 1. The van der Waals surface area contributed by atoms with Crippen molar-refractivity contribution >= 4 is 46.3 Å². The number of nitrogens with one attached hydrogen (secondary N) is 1. The highest BCUT2D eigenvalue weighted by atomic mass is 35.5. The summed E-state index contributed by atoms with van der Waals surface area (Å²) in [4.78, 5) is 28.6. The van der Waals surface area contributed by atoms with Crippen molar-refractivity contribution in [2.24, 2.45) is 0 Å². The smallest absolute Gasteiger partial charge is 0.224 e. The molecular weight excluding hydrogens is 467 g/mol. The number of hydrogen-bond donors (Lipinski definition) is 1. The van der Waals surface area contributed by atoms with Crippen LogP contribution in [0, 0.1) is 6.92 Å². The van der Waals surface area contributed by atoms with Crippen molar-refractivity contribution in [3.8, 4) is 0 Å². The van der Waals surface area contributed by atoms with Crippen molar-refractivity contribution in [3.05, 3.63) is 105 Å². The van der Waals surface area contributed by atoms with Crippen molar-refractivity contribution in [2.75, 3.05) is 10.2 Å². The monoisotopic (exact) mass is 490 g/mol. The molecule has 5 rings (SSSR count). The molecule has 0 fully saturated rings. The fraction of sp³-hybridized carbons (Fsp3) is 0.214. The SMILES string of the molecule is CC(=O)N1c2ccccc2NC2=C(C(=O)C[C@H](c3ccc(Cl)c(Cl)c3)C2)[C@@H]1c1ccc(C)cc1. The number of rotatable bonds is 2. The molecule has 3 aromatic carbocycles. The Morgan fingerprint density at radius 3 is 2.35 bits per heavy atom. The second kappa shape index (κ2) is 8.94. The van der Waals surface area contributed by atoms with Crippen LogP contribution < -0.4 is 10.2 Å². The second-order valence-electron chi connectivity index (χ2n) is 8.94. The van der Waals surface area contributed by atoms with E-state index in [0.29, 0.717) is 28.5 Å². The third kappa shape index (κ3) is 4.02. The first-order valence-electron chi connectivity index (χ1n) is 11.3. The van der Waals surface area contributed by atoms with Crippen LogP contribution in [0.4, 0.5) is 11.4 Å². The van der Waals surface area contributed by atoms with Gasteiger partial charge in [-0.15, -0.1) is 0 Å². The van der Waals surface area contributed by atoms with E-state index in [-0.39, 0.29) is 17.6 Å². The summed E-state index contributed by atoms with van der Waals surface area (Å²) in [6.45, 7) is 3.57. The predicted octanol–water partition coefficient (Wildman–Crippen LogP) is 7.22. The van der Waals surface area contributed by atoms with Gasteiger partial charge in [0.05, 0.1) is 27.5 Å². The van der Waals surface area contributed by atoms with Gasteiger partial charge in [0.25, 0.3) is 0 Å². The summed E-state index contributed by atoms with van der Waals surface area (Å²) < 4.78 is 0. The van der Waals surface area contributed by atoms with Gasteiger partial charge in [-0.3, -0.25) is 14.5 Å². The Balaban J connectivity index is 1.68. The quantitative estimate of drug-likeness (QED) is 0.412. The maximum absolute atomic E-state index is 13.8. The zero-order valence-electron chi connectivity index (χ0n) is 18.9. The highest BCUT2D eigenvalue weighted by Crippen LogP contribution is 2.47. The van der Waals surface area contributed by atoms with E-state index in [0.717, 1.165) is 33.8 Å². The minimum atomic E-state index is -0.508. The highest BCUT2D eigenvalue weighted by Gasteiger charge is 2.40. The third-order valence-electron chi connectivity index (χ3n) is 6.64. The van der Waals surface area contributed by atoms with Gasteiger partial charge in [0.1, 0.15) is 0 Å². The van der Waals surface area contributed by atoms with Crippen LogP contribution in [-0.4, -0.2) is 11.7 Å². The maximum Gasteiger partial charge on any atom is 0.224 e. The summed E-state index contributed by atoms with van der Waals surface area (Å²) >= 11 is 12.4. The molecule has 0 aromatic heterocycles. The molecule has 1 N–H and O–H groups in total. The summed E-state index contributed by atoms with van der Waals surface area (Å²) in [6.07, 6.45) is 0.963. The number of Topliss-reactive ketones (excluding diaryl/α,β-unsaturated/α-hetero) is 1. The van der Waals surface area contributed by atoms with Crippen LogP contribution in [0.5, 0.6) is 0 Å². The van der Waals surface area contributed by atoms with Gasteiger partial charge in [-0.05, 0) is 54.7 Å². The van der Waals surface area contributed by atoms with Gasteiger partial charge in [-0.2, -0.15) is 0 Å². The molecule has 34 heavy (non-hydrogen) atoms. The number of fused-ring (bicyclic) bond motifs is 1. The molecule has 6 heteroatoms. The van der Waals surface area contributed by atoms with Crippen LogP contribution in [0.3, 0.4) is 0 Å². The zero-order chi connectivity index (χ0) is 24.0. The van der Waals surface area contributed by atoms with E-state index >= 15 is 0 Å². The molecule has 0 radical (unpaired) electrons. The molecule has 1 aliphatic carbocycles. The lowest BCUT2D eigenvalue weighted by molar-refractivity contribution is -0.117. The van der Waals surface area contributed by atoms with Crippen LogP contribution in [0.15, 0.2) is 78.0 Å². The van der Waals surface area contributed by atoms with Crippen LogP contribution in [0.2, 0.25) is 10.0 Å². The first-order chi connectivity index (χ1) is 16.3. The largest absolute Gasteiger partial charge is 0.357 e. The molecule has 1 heterocycles. The van der Waals surface area contributed by atoms with E-state index in [1.165, 1.54) is 0 Å². The Kier molecular flexibility index (Phi) is 5.97. The van der Waals surface area contributed by atoms with Crippen LogP contribution in [-0.2, 0) is 9.59 Å². The number of amides is 1. The van der Waals surface area contributed by atoms with E-state index < -0.39 is 6.04 Å². The van der Waals surface area contributed by atoms with E-state index in [2.05, 4.69) is 5.32 Å². The summed E-state index contributed by atoms with van der Waals surface area (Å²) in [5, 5.41) is 4.49. The molecule has 1 aliphatic heterocycles. The standard InChI is InChI=1S/C28H24Cl2N2O2/c1-16-7-9-18(10-8-16)28-27-24(31-23-5-3-4-6-25(23)32(28)17(2)33)14-20(15-26(27)34)19-11-12-21(29)22(30)13-19/h3-13,20,28,31H,14-15H2,1-2H3/t20-,28+/m1/s1. The van der Waals surface area contributed by atoms with Gasteiger partial charge in [-0.1, -0.05) is 71.2 Å². The van der Waals surface area contributed by atoms with Gasteiger partial charge in [0.2, 0.25) is 5.91 Å². The number of allylic oxidation sites excluding steroid dienone is 1. The van der Waals surface area contributed by atoms with Crippen molar-refractivity contribution in [2.45, 2.75) is 38.6 Å². The fourth-order valence-corrected chi connectivity index (χ4v) is 5.31. The zero-order valence-corrected chi connectivity index (χ0v) is 20.5. The Bertz CT molecular complexity index is 1330. The number of aryl methyl sites for hydroxylation is 1. The molecule has 3 aromatic rings. The average Bonchev–Trinajstić information content (AvgIpc) is 2.96. The lowest BCUT2D eigenvalue weighted by Gasteiger charge is -2.34. The molecule has 0 saturated heterocycles. The molecule has 0 saturated carbocycles. The average molecular weight is 491 g/mol. The number of halogens is 2. The molecule has 172 valence electrons. The van der Waals surface area contributed by atoms with Crippen LogP contribution in [0.1, 0.15) is 48.4 Å². The summed E-state index contributed by atoms with van der Waals surface area (Å²) in [7, 11) is 0. The van der Waals surface area contributed by atoms with Gasteiger partial charge in [0.15, 0.2) is 5.78 Å². The topological polar surface area (TPSA) is 49.4 Å². The molecule has 1 amide bonds. The van der Waals surface area contributed by atoms with Crippen LogP contribution in [0.25, 0.3) is 0 Å². The molecule has 0 spiro atoms. The first-order valence-corrected chi connectivity index (χ1v) is 12.0. The van der Waals surface area contributed by atoms with Crippen molar-refractivity contribution in [3.63, 3.8) is 0 Å². The van der Waals surface area contributed by atoms with Gasteiger partial charge in [0, 0.05) is 24.6 Å². The lowest BCUT2D eigenvalue weighted by Crippen LogP contribution is -2.37. The summed E-state index contributed by atoms with van der Waals surface area (Å²) in [5.41, 5.74) is 6.06. The number of anilines is 2. The van der Waals surface area contributed by atoms with E-state index in [4.69, 9.17) is 23.2 Å². The van der Waals surface area contributed by atoms with E-state index in [9.17, 15) is 9.59 Å². The minimum Gasteiger partial charge on any atom is -0.357 e. The Morgan fingerprint density at radius 2 is 1.65 bits per heavy atom. The molecule has 0 unspecified atom stereocenters. The van der Waals surface area contributed by atoms with Crippen molar-refractivity contribution < 1.29 is 9.59 Å². The molecule has 0 bridgehead atoms. The number of benzene rings is 3. The Morgan fingerprint density at radius 1 is 0.941 bits per heavy atom. The number of hydrogen-bond acceptors (Lipinski definition) is 3. The summed E-state index contributed by atoms with van der Waals surface area (Å²) in [6, 6.07) is 20.8. The number of carbonyl (C=O) groups excluding carboxylic acids is 2. The van der Waals surface area contributed by atoms with Crippen molar-refractivity contribution in [1.29, 1.82) is 0 Å². The predicted molar refractivity (Wildman–Crippen MR) is 138 cm³/mol. The Labute approximate surface area is 209 Å². The molecule has 2 atom stereocenters. The number of carbonyl (C=O) groups is 2. The maximum atomic E-state index is 13.8. The van der Waals surface area contributed by atoms with E-state index in [1.54, 1.807) is 17.9 Å².